The number of hydrogen-bond acceptors (Lipinski definition) is 2. The molecule has 2 fully saturated rings. The summed E-state index contributed by atoms with van der Waals surface area (Å²) in [6, 6.07) is 6.66. The molecule has 5 nitrogen and oxygen atoms in total. The number of rotatable bonds is 6. The average molecular weight is 348 g/mol. The van der Waals surface area contributed by atoms with Gasteiger partial charge in [0.1, 0.15) is 12.4 Å². The molecule has 1 aromatic rings. The van der Waals surface area contributed by atoms with Crippen LogP contribution in [0, 0.1) is 5.82 Å². The molecule has 0 spiro atoms. The number of hydrogen-bond donors (Lipinski definition) is 3. The van der Waals surface area contributed by atoms with E-state index in [1.54, 1.807) is 12.1 Å². The van der Waals surface area contributed by atoms with E-state index in [2.05, 4.69) is 10.6 Å². The van der Waals surface area contributed by atoms with Crippen LogP contribution in [-0.2, 0) is 11.3 Å². The van der Waals surface area contributed by atoms with Gasteiger partial charge < -0.3 is 10.2 Å². The number of quaternary nitrogens is 1. The molecule has 0 radical (unpaired) electrons. The number of carbonyl (C=O) groups excluding carboxylic acids is 2. The molecule has 1 unspecified atom stereocenters. The molecule has 2 saturated carbocycles. The van der Waals surface area contributed by atoms with Crippen molar-refractivity contribution in [2.75, 3.05) is 6.54 Å². The Hall–Kier alpha value is -1.95. The molecule has 2 aliphatic carbocycles. The van der Waals surface area contributed by atoms with Crippen molar-refractivity contribution in [2.24, 2.45) is 0 Å². The van der Waals surface area contributed by atoms with Gasteiger partial charge in [-0.1, -0.05) is 31.4 Å². The fourth-order valence-electron chi connectivity index (χ4n) is 3.55. The highest BCUT2D eigenvalue weighted by atomic mass is 19.1. The van der Waals surface area contributed by atoms with Gasteiger partial charge in [-0.3, -0.25) is 10.1 Å². The third-order valence-electron chi connectivity index (χ3n) is 5.08. The van der Waals surface area contributed by atoms with E-state index in [1.807, 2.05) is 0 Å². The number of imide groups is 1. The summed E-state index contributed by atoms with van der Waals surface area (Å²) in [5.74, 6) is -0.508. The Kier molecular flexibility index (Phi) is 6.02. The minimum atomic E-state index is -0.381. The number of amides is 3. The molecule has 1 aromatic carbocycles. The lowest BCUT2D eigenvalue weighted by molar-refractivity contribution is -0.917. The molecular formula is C19H27FN3O2+. The van der Waals surface area contributed by atoms with Crippen LogP contribution in [-0.4, -0.2) is 30.6 Å². The number of urea groups is 1. The Bertz CT molecular complexity index is 595. The summed E-state index contributed by atoms with van der Waals surface area (Å²) >= 11 is 0. The fourth-order valence-corrected chi connectivity index (χ4v) is 3.55. The van der Waals surface area contributed by atoms with Gasteiger partial charge in [0.05, 0.1) is 6.04 Å². The van der Waals surface area contributed by atoms with Gasteiger partial charge in [0.2, 0.25) is 0 Å². The molecule has 1 atom stereocenters. The molecule has 0 bridgehead atoms. The Morgan fingerprint density at radius 3 is 2.36 bits per heavy atom. The van der Waals surface area contributed by atoms with Crippen LogP contribution < -0.4 is 15.5 Å². The van der Waals surface area contributed by atoms with E-state index in [0.717, 1.165) is 49.0 Å². The Morgan fingerprint density at radius 1 is 1.04 bits per heavy atom. The van der Waals surface area contributed by atoms with E-state index in [1.165, 1.54) is 18.6 Å². The normalized spacial score (nSPS) is 19.2. The van der Waals surface area contributed by atoms with Crippen molar-refractivity contribution in [3.05, 3.63) is 35.6 Å². The van der Waals surface area contributed by atoms with E-state index < -0.39 is 0 Å². The van der Waals surface area contributed by atoms with E-state index in [9.17, 15) is 14.0 Å². The number of nitrogens with one attached hydrogen (secondary N) is 3. The highest BCUT2D eigenvalue weighted by molar-refractivity contribution is 5.94. The van der Waals surface area contributed by atoms with Gasteiger partial charge in [-0.25, -0.2) is 9.18 Å². The summed E-state index contributed by atoms with van der Waals surface area (Å²) < 4.78 is 13.0. The Labute approximate surface area is 148 Å². The molecular weight excluding hydrogens is 321 g/mol. The largest absolute Gasteiger partial charge is 0.335 e. The Balaban J connectivity index is 1.47. The molecule has 2 aliphatic rings. The lowest BCUT2D eigenvalue weighted by atomic mass is 9.96. The van der Waals surface area contributed by atoms with Crippen LogP contribution in [0.15, 0.2) is 24.3 Å². The molecule has 0 heterocycles. The number of benzene rings is 1. The SMILES string of the molecule is O=C(C[NH+](Cc1ccc(F)cc1)C1CC1)NC(=O)NC1CCCCC1. The van der Waals surface area contributed by atoms with Gasteiger partial charge in [0.15, 0.2) is 6.54 Å². The molecule has 136 valence electrons. The summed E-state index contributed by atoms with van der Waals surface area (Å²) in [4.78, 5) is 25.4. The van der Waals surface area contributed by atoms with Gasteiger partial charge >= 0.3 is 6.03 Å². The van der Waals surface area contributed by atoms with Gasteiger partial charge in [0, 0.05) is 24.4 Å². The molecule has 25 heavy (non-hydrogen) atoms. The zero-order valence-corrected chi connectivity index (χ0v) is 14.5. The first kappa shape index (κ1) is 17.9. The monoisotopic (exact) mass is 348 g/mol. The smallest absolute Gasteiger partial charge is 0.321 e. The second kappa shape index (κ2) is 8.43. The zero-order valence-electron chi connectivity index (χ0n) is 14.5. The van der Waals surface area contributed by atoms with E-state index in [4.69, 9.17) is 0 Å². The lowest BCUT2D eigenvalue weighted by Crippen LogP contribution is -3.13. The van der Waals surface area contributed by atoms with Crippen LogP contribution >= 0.6 is 0 Å². The average Bonchev–Trinajstić information content (AvgIpc) is 3.42. The first-order chi connectivity index (χ1) is 12.1. The van der Waals surface area contributed by atoms with E-state index in [0.29, 0.717) is 12.6 Å². The molecule has 0 aromatic heterocycles. The van der Waals surface area contributed by atoms with Gasteiger partial charge in [-0.15, -0.1) is 0 Å². The third-order valence-corrected chi connectivity index (χ3v) is 5.08. The minimum absolute atomic E-state index is 0.188. The van der Waals surface area contributed by atoms with Crippen molar-refractivity contribution in [2.45, 2.75) is 63.6 Å². The van der Waals surface area contributed by atoms with Crippen LogP contribution in [0.2, 0.25) is 0 Å². The predicted molar refractivity (Wildman–Crippen MR) is 92.5 cm³/mol. The summed E-state index contributed by atoms with van der Waals surface area (Å²) in [6.07, 6.45) is 7.67. The van der Waals surface area contributed by atoms with Crippen LogP contribution in [0.3, 0.4) is 0 Å². The van der Waals surface area contributed by atoms with Crippen LogP contribution in [0.4, 0.5) is 9.18 Å². The second-order valence-corrected chi connectivity index (χ2v) is 7.27. The molecule has 3 rings (SSSR count). The maximum Gasteiger partial charge on any atom is 0.321 e. The van der Waals surface area contributed by atoms with Crippen LogP contribution in [0.5, 0.6) is 0 Å². The van der Waals surface area contributed by atoms with Crippen LogP contribution in [0.1, 0.15) is 50.5 Å². The summed E-state index contributed by atoms with van der Waals surface area (Å²) in [5.41, 5.74) is 1.00. The Morgan fingerprint density at radius 2 is 1.72 bits per heavy atom. The van der Waals surface area contributed by atoms with Crippen molar-refractivity contribution >= 4 is 11.9 Å². The maximum atomic E-state index is 13.0. The lowest BCUT2D eigenvalue weighted by Gasteiger charge is -2.23. The summed E-state index contributed by atoms with van der Waals surface area (Å²) in [6.45, 7) is 0.933. The molecule has 0 saturated heterocycles. The molecule has 3 amide bonds. The number of carbonyl (C=O) groups is 2. The summed E-state index contributed by atoms with van der Waals surface area (Å²) in [5, 5.41) is 5.37. The topological polar surface area (TPSA) is 62.6 Å². The third kappa shape index (κ3) is 5.81. The first-order valence-electron chi connectivity index (χ1n) is 9.29. The standard InChI is InChI=1S/C19H26FN3O2/c20-15-8-6-14(7-9-15)12-23(17-10-11-17)13-18(24)22-19(25)21-16-4-2-1-3-5-16/h6-9,16-17H,1-5,10-13H2,(H2,21,22,24,25)/p+1. The van der Waals surface area contributed by atoms with Crippen LogP contribution in [0.25, 0.3) is 0 Å². The van der Waals surface area contributed by atoms with Crippen molar-refractivity contribution in [1.82, 2.24) is 10.6 Å². The fraction of sp³-hybridized carbons (Fsp3) is 0.579. The van der Waals surface area contributed by atoms with Gasteiger partial charge in [-0.2, -0.15) is 0 Å². The number of halogens is 1. The van der Waals surface area contributed by atoms with Gasteiger partial charge in [-0.05, 0) is 25.0 Å². The highest BCUT2D eigenvalue weighted by Gasteiger charge is 2.35. The molecule has 0 aliphatic heterocycles. The molecule has 3 N–H and O–H groups in total. The zero-order chi connectivity index (χ0) is 17.6. The second-order valence-electron chi connectivity index (χ2n) is 7.27. The van der Waals surface area contributed by atoms with E-state index in [-0.39, 0.29) is 30.3 Å². The van der Waals surface area contributed by atoms with Gasteiger partial charge in [0.25, 0.3) is 5.91 Å². The summed E-state index contributed by atoms with van der Waals surface area (Å²) in [7, 11) is 0. The minimum Gasteiger partial charge on any atom is -0.335 e. The van der Waals surface area contributed by atoms with Crippen molar-refractivity contribution in [1.29, 1.82) is 0 Å². The first-order valence-corrected chi connectivity index (χ1v) is 9.29. The maximum absolute atomic E-state index is 13.0. The quantitative estimate of drug-likeness (QED) is 0.730. The van der Waals surface area contributed by atoms with Crippen molar-refractivity contribution in [3.8, 4) is 0 Å². The van der Waals surface area contributed by atoms with E-state index >= 15 is 0 Å². The van der Waals surface area contributed by atoms with Crippen molar-refractivity contribution in [3.63, 3.8) is 0 Å². The van der Waals surface area contributed by atoms with Crippen molar-refractivity contribution < 1.29 is 18.9 Å². The molecule has 6 heteroatoms. The predicted octanol–water partition coefficient (Wildman–Crippen LogP) is 1.53. The highest BCUT2D eigenvalue weighted by Crippen LogP contribution is 2.17.